The van der Waals surface area contributed by atoms with E-state index in [1.54, 1.807) is 10.6 Å². The standard InChI is InChI=1S/C23H21BrN4O2/c1-2-27-21-15-26(12-18-5-3-4-17(10-18)11-25)14-20(21)22(29)28(23(27)30)13-16-6-8-19(24)9-7-16/h3-10H,2,12-15H2,1H3. The minimum atomic E-state index is -0.266. The fourth-order valence-electron chi connectivity index (χ4n) is 3.98. The van der Waals surface area contributed by atoms with Gasteiger partial charge in [-0.1, -0.05) is 40.2 Å². The van der Waals surface area contributed by atoms with Gasteiger partial charge in [0.05, 0.1) is 23.7 Å². The van der Waals surface area contributed by atoms with Crippen LogP contribution in [0, 0.1) is 11.3 Å². The van der Waals surface area contributed by atoms with Gasteiger partial charge in [0.25, 0.3) is 5.56 Å². The molecule has 0 bridgehead atoms. The van der Waals surface area contributed by atoms with Crippen LogP contribution in [0.3, 0.4) is 0 Å². The Morgan fingerprint density at radius 2 is 1.77 bits per heavy atom. The van der Waals surface area contributed by atoms with Crippen LogP contribution < -0.4 is 11.2 Å². The molecule has 0 saturated carbocycles. The highest BCUT2D eigenvalue weighted by molar-refractivity contribution is 9.10. The lowest BCUT2D eigenvalue weighted by Crippen LogP contribution is -2.42. The molecular formula is C23H21BrN4O2. The van der Waals surface area contributed by atoms with Gasteiger partial charge in [0.2, 0.25) is 0 Å². The quantitative estimate of drug-likeness (QED) is 0.580. The van der Waals surface area contributed by atoms with Crippen molar-refractivity contribution in [2.24, 2.45) is 0 Å². The summed E-state index contributed by atoms with van der Waals surface area (Å²) in [4.78, 5) is 28.4. The zero-order valence-electron chi connectivity index (χ0n) is 16.6. The summed E-state index contributed by atoms with van der Waals surface area (Å²) >= 11 is 3.41. The molecule has 0 fully saturated rings. The number of nitrogens with zero attached hydrogens (tertiary/aromatic N) is 4. The molecule has 2 aromatic carbocycles. The van der Waals surface area contributed by atoms with E-state index in [4.69, 9.17) is 5.26 Å². The first-order valence-electron chi connectivity index (χ1n) is 9.81. The van der Waals surface area contributed by atoms with Crippen molar-refractivity contribution in [3.8, 4) is 6.07 Å². The molecule has 0 aliphatic carbocycles. The van der Waals surface area contributed by atoms with Crippen LogP contribution in [0.2, 0.25) is 0 Å². The van der Waals surface area contributed by atoms with E-state index in [0.29, 0.717) is 37.3 Å². The van der Waals surface area contributed by atoms with Crippen molar-refractivity contribution < 1.29 is 0 Å². The number of halogens is 1. The Bertz CT molecular complexity index is 1250. The van der Waals surface area contributed by atoms with Crippen molar-refractivity contribution in [1.29, 1.82) is 5.26 Å². The minimum Gasteiger partial charge on any atom is -0.296 e. The number of nitriles is 1. The molecular weight excluding hydrogens is 444 g/mol. The second-order valence-electron chi connectivity index (χ2n) is 7.43. The maximum Gasteiger partial charge on any atom is 0.331 e. The summed E-state index contributed by atoms with van der Waals surface area (Å²) in [5.74, 6) is 0. The average Bonchev–Trinajstić information content (AvgIpc) is 3.16. The predicted molar refractivity (Wildman–Crippen MR) is 118 cm³/mol. The van der Waals surface area contributed by atoms with Gasteiger partial charge in [0.15, 0.2) is 0 Å². The Morgan fingerprint density at radius 3 is 2.47 bits per heavy atom. The first-order chi connectivity index (χ1) is 14.5. The SMILES string of the molecule is CCn1c2c(c(=O)n(Cc3ccc(Br)cc3)c1=O)CN(Cc1cccc(C#N)c1)C2. The van der Waals surface area contributed by atoms with Crippen molar-refractivity contribution in [3.63, 3.8) is 0 Å². The van der Waals surface area contributed by atoms with E-state index in [0.717, 1.165) is 21.3 Å². The molecule has 3 aromatic rings. The van der Waals surface area contributed by atoms with Gasteiger partial charge in [0.1, 0.15) is 0 Å². The molecule has 0 N–H and O–H groups in total. The highest BCUT2D eigenvalue weighted by Crippen LogP contribution is 2.21. The minimum absolute atomic E-state index is 0.212. The van der Waals surface area contributed by atoms with Crippen LogP contribution in [0.5, 0.6) is 0 Å². The van der Waals surface area contributed by atoms with E-state index >= 15 is 0 Å². The van der Waals surface area contributed by atoms with Crippen molar-refractivity contribution in [3.05, 3.63) is 102 Å². The van der Waals surface area contributed by atoms with Crippen LogP contribution in [-0.2, 0) is 32.7 Å². The topological polar surface area (TPSA) is 71.0 Å². The summed E-state index contributed by atoms with van der Waals surface area (Å²) in [6.45, 7) is 4.35. The van der Waals surface area contributed by atoms with E-state index in [9.17, 15) is 9.59 Å². The molecule has 0 amide bonds. The van der Waals surface area contributed by atoms with E-state index < -0.39 is 0 Å². The Balaban J connectivity index is 1.67. The molecule has 152 valence electrons. The van der Waals surface area contributed by atoms with Crippen molar-refractivity contribution >= 4 is 15.9 Å². The number of rotatable bonds is 5. The van der Waals surface area contributed by atoms with Gasteiger partial charge in [-0.05, 0) is 42.3 Å². The van der Waals surface area contributed by atoms with Gasteiger partial charge in [-0.2, -0.15) is 5.26 Å². The third-order valence-electron chi connectivity index (χ3n) is 5.43. The molecule has 1 aliphatic heterocycles. The smallest absolute Gasteiger partial charge is 0.296 e. The highest BCUT2D eigenvalue weighted by Gasteiger charge is 2.27. The maximum absolute atomic E-state index is 13.2. The van der Waals surface area contributed by atoms with Crippen molar-refractivity contribution in [2.45, 2.75) is 39.6 Å². The van der Waals surface area contributed by atoms with Crippen LogP contribution >= 0.6 is 15.9 Å². The Labute approximate surface area is 182 Å². The highest BCUT2D eigenvalue weighted by atomic mass is 79.9. The molecule has 1 aliphatic rings. The fourth-order valence-corrected chi connectivity index (χ4v) is 4.24. The van der Waals surface area contributed by atoms with Crippen LogP contribution in [-0.4, -0.2) is 14.0 Å². The molecule has 0 atom stereocenters. The molecule has 0 unspecified atom stereocenters. The summed E-state index contributed by atoms with van der Waals surface area (Å²) in [5.41, 5.74) is 3.55. The Kier molecular flexibility index (Phi) is 5.71. The third-order valence-corrected chi connectivity index (χ3v) is 5.96. The monoisotopic (exact) mass is 464 g/mol. The lowest BCUT2D eigenvalue weighted by atomic mass is 10.1. The van der Waals surface area contributed by atoms with Gasteiger partial charge in [0, 0.05) is 36.3 Å². The third kappa shape index (κ3) is 3.89. The molecule has 30 heavy (non-hydrogen) atoms. The summed E-state index contributed by atoms with van der Waals surface area (Å²) in [5, 5.41) is 9.12. The first kappa shape index (κ1) is 20.3. The normalized spacial score (nSPS) is 13.2. The number of hydrogen-bond donors (Lipinski definition) is 0. The van der Waals surface area contributed by atoms with E-state index in [1.165, 1.54) is 4.57 Å². The lowest BCUT2D eigenvalue weighted by Gasteiger charge is -2.15. The summed E-state index contributed by atoms with van der Waals surface area (Å²) < 4.78 is 4.00. The molecule has 1 aromatic heterocycles. The second kappa shape index (κ2) is 8.42. The molecule has 0 saturated heterocycles. The predicted octanol–water partition coefficient (Wildman–Crippen LogP) is 3.23. The van der Waals surface area contributed by atoms with E-state index in [1.807, 2.05) is 49.4 Å². The van der Waals surface area contributed by atoms with Gasteiger partial charge in [-0.25, -0.2) is 4.79 Å². The van der Waals surface area contributed by atoms with E-state index in [-0.39, 0.29) is 17.8 Å². The van der Waals surface area contributed by atoms with Crippen LogP contribution in [0.25, 0.3) is 0 Å². The molecule has 6 nitrogen and oxygen atoms in total. The summed E-state index contributed by atoms with van der Waals surface area (Å²) in [7, 11) is 0. The van der Waals surface area contributed by atoms with Crippen molar-refractivity contribution in [2.75, 3.05) is 0 Å². The van der Waals surface area contributed by atoms with Gasteiger partial charge >= 0.3 is 5.69 Å². The van der Waals surface area contributed by atoms with Crippen LogP contribution in [0.1, 0.15) is 34.9 Å². The zero-order chi connectivity index (χ0) is 21.3. The first-order valence-corrected chi connectivity index (χ1v) is 10.6. The van der Waals surface area contributed by atoms with Crippen LogP contribution in [0.4, 0.5) is 0 Å². The van der Waals surface area contributed by atoms with Crippen LogP contribution in [0.15, 0.2) is 62.6 Å². The molecule has 7 heteroatoms. The number of fused-ring (bicyclic) bond motifs is 1. The number of hydrogen-bond acceptors (Lipinski definition) is 4. The van der Waals surface area contributed by atoms with Gasteiger partial charge in [-0.3, -0.25) is 18.8 Å². The number of benzene rings is 2. The fraction of sp³-hybridized carbons (Fsp3) is 0.261. The Morgan fingerprint density at radius 1 is 1.00 bits per heavy atom. The van der Waals surface area contributed by atoms with E-state index in [2.05, 4.69) is 26.9 Å². The molecule has 0 spiro atoms. The second-order valence-corrected chi connectivity index (χ2v) is 8.34. The lowest BCUT2D eigenvalue weighted by molar-refractivity contribution is 0.271. The molecule has 2 heterocycles. The van der Waals surface area contributed by atoms with Crippen molar-refractivity contribution in [1.82, 2.24) is 14.0 Å². The maximum atomic E-state index is 13.2. The molecule has 0 radical (unpaired) electrons. The molecule has 4 rings (SSSR count). The summed E-state index contributed by atoms with van der Waals surface area (Å²) in [6, 6.07) is 17.3. The largest absolute Gasteiger partial charge is 0.331 e. The average molecular weight is 465 g/mol. The Hall–Kier alpha value is -2.95. The number of aromatic nitrogens is 2. The van der Waals surface area contributed by atoms with Gasteiger partial charge < -0.3 is 0 Å². The van der Waals surface area contributed by atoms with Gasteiger partial charge in [-0.15, -0.1) is 0 Å². The summed E-state index contributed by atoms with van der Waals surface area (Å²) in [6.07, 6.45) is 0. The zero-order valence-corrected chi connectivity index (χ0v) is 18.2.